The van der Waals surface area contributed by atoms with E-state index in [1.807, 2.05) is 51.2 Å². The zero-order valence-electron chi connectivity index (χ0n) is 12.4. The van der Waals surface area contributed by atoms with Gasteiger partial charge in [-0.1, -0.05) is 35.9 Å². The summed E-state index contributed by atoms with van der Waals surface area (Å²) in [6, 6.07) is 12.4. The first-order valence-electron chi connectivity index (χ1n) is 6.90. The Morgan fingerprint density at radius 2 is 1.86 bits per heavy atom. The number of hydrogen-bond donors (Lipinski definition) is 1. The van der Waals surface area contributed by atoms with Crippen molar-refractivity contribution in [2.45, 2.75) is 26.0 Å². The summed E-state index contributed by atoms with van der Waals surface area (Å²) < 4.78 is 19.4. The standard InChI is InChI=1S/C17H19ClFNO/c1-11(2)21-13-7-4-6-12(10-13)17(20-3)14-8-5-9-15(19)16(14)18/h4-11,17,20H,1-3H3. The summed E-state index contributed by atoms with van der Waals surface area (Å²) in [5.41, 5.74) is 1.68. The smallest absolute Gasteiger partial charge is 0.142 e. The summed E-state index contributed by atoms with van der Waals surface area (Å²) in [6.07, 6.45) is 0.103. The molecule has 2 aromatic rings. The summed E-state index contributed by atoms with van der Waals surface area (Å²) in [5, 5.41) is 3.32. The summed E-state index contributed by atoms with van der Waals surface area (Å²) in [4.78, 5) is 0. The fourth-order valence-corrected chi connectivity index (χ4v) is 2.52. The molecule has 21 heavy (non-hydrogen) atoms. The first-order valence-corrected chi connectivity index (χ1v) is 7.28. The van der Waals surface area contributed by atoms with Gasteiger partial charge in [0.25, 0.3) is 0 Å². The molecule has 0 saturated heterocycles. The van der Waals surface area contributed by atoms with Gasteiger partial charge >= 0.3 is 0 Å². The normalized spacial score (nSPS) is 12.5. The molecule has 0 fully saturated rings. The Labute approximate surface area is 129 Å². The molecule has 0 spiro atoms. The molecule has 0 amide bonds. The predicted octanol–water partition coefficient (Wildman–Crippen LogP) is 4.58. The molecule has 1 N–H and O–H groups in total. The first-order chi connectivity index (χ1) is 10.0. The molecule has 112 valence electrons. The Morgan fingerprint density at radius 1 is 1.14 bits per heavy atom. The minimum absolute atomic E-state index is 0.103. The van der Waals surface area contributed by atoms with E-state index in [4.69, 9.17) is 16.3 Å². The third-order valence-corrected chi connectivity index (χ3v) is 3.54. The van der Waals surface area contributed by atoms with Gasteiger partial charge in [-0.25, -0.2) is 4.39 Å². The Kier molecular flexibility index (Phi) is 5.21. The number of nitrogens with one attached hydrogen (secondary N) is 1. The zero-order valence-corrected chi connectivity index (χ0v) is 13.1. The minimum Gasteiger partial charge on any atom is -0.491 e. The molecular formula is C17H19ClFNO. The van der Waals surface area contributed by atoms with E-state index in [-0.39, 0.29) is 17.2 Å². The molecule has 0 bridgehead atoms. The average Bonchev–Trinajstić information content (AvgIpc) is 2.44. The average molecular weight is 308 g/mol. The van der Waals surface area contributed by atoms with Crippen LogP contribution in [0, 0.1) is 5.82 Å². The number of benzene rings is 2. The van der Waals surface area contributed by atoms with Gasteiger partial charge in [0.05, 0.1) is 17.2 Å². The van der Waals surface area contributed by atoms with Gasteiger partial charge in [0.15, 0.2) is 0 Å². The van der Waals surface area contributed by atoms with E-state index in [1.165, 1.54) is 6.07 Å². The van der Waals surface area contributed by atoms with Crippen molar-refractivity contribution in [3.05, 3.63) is 64.4 Å². The Balaban J connectivity index is 2.39. The van der Waals surface area contributed by atoms with Gasteiger partial charge in [-0.2, -0.15) is 0 Å². The Morgan fingerprint density at radius 3 is 2.52 bits per heavy atom. The van der Waals surface area contributed by atoms with Gasteiger partial charge in [0.2, 0.25) is 0 Å². The number of hydrogen-bond acceptors (Lipinski definition) is 2. The molecule has 4 heteroatoms. The van der Waals surface area contributed by atoms with Gasteiger partial charge < -0.3 is 10.1 Å². The van der Waals surface area contributed by atoms with Crippen LogP contribution in [0.3, 0.4) is 0 Å². The van der Waals surface area contributed by atoms with Crippen LogP contribution >= 0.6 is 11.6 Å². The van der Waals surface area contributed by atoms with E-state index in [1.54, 1.807) is 6.07 Å². The monoisotopic (exact) mass is 307 g/mol. The highest BCUT2D eigenvalue weighted by Gasteiger charge is 2.17. The molecule has 2 nitrogen and oxygen atoms in total. The maximum absolute atomic E-state index is 13.7. The van der Waals surface area contributed by atoms with Crippen molar-refractivity contribution in [2.75, 3.05) is 7.05 Å². The lowest BCUT2D eigenvalue weighted by Gasteiger charge is -2.20. The largest absolute Gasteiger partial charge is 0.491 e. The number of halogens is 2. The van der Waals surface area contributed by atoms with Crippen molar-refractivity contribution < 1.29 is 9.13 Å². The Hall–Kier alpha value is -1.58. The van der Waals surface area contributed by atoms with Crippen LogP contribution < -0.4 is 10.1 Å². The lowest BCUT2D eigenvalue weighted by Crippen LogP contribution is -2.18. The second-order valence-electron chi connectivity index (χ2n) is 5.10. The van der Waals surface area contributed by atoms with Crippen molar-refractivity contribution in [1.82, 2.24) is 5.32 Å². The quantitative estimate of drug-likeness (QED) is 0.873. The third kappa shape index (κ3) is 3.74. The summed E-state index contributed by atoms with van der Waals surface area (Å²) in [6.45, 7) is 3.96. The van der Waals surface area contributed by atoms with E-state index in [0.717, 1.165) is 11.3 Å². The second-order valence-corrected chi connectivity index (χ2v) is 5.48. The molecule has 0 aliphatic rings. The van der Waals surface area contributed by atoms with E-state index in [9.17, 15) is 4.39 Å². The fourth-order valence-electron chi connectivity index (χ4n) is 2.28. The van der Waals surface area contributed by atoms with E-state index in [2.05, 4.69) is 5.32 Å². The molecule has 0 heterocycles. The molecule has 0 aromatic heterocycles. The maximum atomic E-state index is 13.7. The van der Waals surface area contributed by atoms with Crippen LogP contribution in [0.4, 0.5) is 4.39 Å². The molecule has 1 unspecified atom stereocenters. The Bertz CT molecular complexity index is 615. The van der Waals surface area contributed by atoms with E-state index >= 15 is 0 Å². The maximum Gasteiger partial charge on any atom is 0.142 e. The highest BCUT2D eigenvalue weighted by molar-refractivity contribution is 6.31. The van der Waals surface area contributed by atoms with Gasteiger partial charge in [-0.3, -0.25) is 0 Å². The van der Waals surface area contributed by atoms with Gasteiger partial charge in [0, 0.05) is 0 Å². The van der Waals surface area contributed by atoms with Gasteiger partial charge in [0.1, 0.15) is 11.6 Å². The van der Waals surface area contributed by atoms with Gasteiger partial charge in [-0.05, 0) is 50.2 Å². The van der Waals surface area contributed by atoms with Crippen molar-refractivity contribution >= 4 is 11.6 Å². The predicted molar refractivity (Wildman–Crippen MR) is 84.5 cm³/mol. The highest BCUT2D eigenvalue weighted by Crippen LogP contribution is 2.31. The SMILES string of the molecule is CNC(c1cccc(OC(C)C)c1)c1cccc(F)c1Cl. The number of rotatable bonds is 5. The third-order valence-electron chi connectivity index (χ3n) is 3.14. The van der Waals surface area contributed by atoms with Crippen LogP contribution in [0.25, 0.3) is 0 Å². The van der Waals surface area contributed by atoms with Crippen LogP contribution in [-0.4, -0.2) is 13.2 Å². The lowest BCUT2D eigenvalue weighted by molar-refractivity contribution is 0.242. The summed E-state index contributed by atoms with van der Waals surface area (Å²) in [7, 11) is 1.82. The van der Waals surface area contributed by atoms with Crippen LogP contribution in [-0.2, 0) is 0 Å². The molecule has 0 saturated carbocycles. The molecule has 0 radical (unpaired) electrons. The first kappa shape index (κ1) is 15.8. The van der Waals surface area contributed by atoms with Crippen LogP contribution in [0.2, 0.25) is 5.02 Å². The molecule has 1 atom stereocenters. The summed E-state index contributed by atoms with van der Waals surface area (Å²) >= 11 is 6.09. The summed E-state index contributed by atoms with van der Waals surface area (Å²) in [5.74, 6) is 0.374. The van der Waals surface area contributed by atoms with E-state index in [0.29, 0.717) is 5.56 Å². The highest BCUT2D eigenvalue weighted by atomic mass is 35.5. The van der Waals surface area contributed by atoms with Crippen LogP contribution in [0.15, 0.2) is 42.5 Å². The van der Waals surface area contributed by atoms with Crippen molar-refractivity contribution in [1.29, 1.82) is 0 Å². The molecular weight excluding hydrogens is 289 g/mol. The molecule has 0 aliphatic carbocycles. The van der Waals surface area contributed by atoms with Crippen molar-refractivity contribution in [3.8, 4) is 5.75 Å². The topological polar surface area (TPSA) is 21.3 Å². The van der Waals surface area contributed by atoms with E-state index < -0.39 is 5.82 Å². The van der Waals surface area contributed by atoms with Crippen molar-refractivity contribution in [3.63, 3.8) is 0 Å². The van der Waals surface area contributed by atoms with Crippen LogP contribution in [0.5, 0.6) is 5.75 Å². The van der Waals surface area contributed by atoms with Gasteiger partial charge in [-0.15, -0.1) is 0 Å². The zero-order chi connectivity index (χ0) is 15.4. The molecule has 2 rings (SSSR count). The minimum atomic E-state index is -0.413. The lowest BCUT2D eigenvalue weighted by atomic mass is 9.98. The molecule has 2 aromatic carbocycles. The second kappa shape index (κ2) is 6.92. The number of ether oxygens (including phenoxy) is 1. The van der Waals surface area contributed by atoms with Crippen LogP contribution in [0.1, 0.15) is 31.0 Å². The van der Waals surface area contributed by atoms with Crippen molar-refractivity contribution in [2.24, 2.45) is 0 Å². The fraction of sp³-hybridized carbons (Fsp3) is 0.294. The molecule has 0 aliphatic heterocycles.